The summed E-state index contributed by atoms with van der Waals surface area (Å²) in [4.78, 5) is 25.6. The van der Waals surface area contributed by atoms with Gasteiger partial charge in [-0.3, -0.25) is 4.79 Å². The van der Waals surface area contributed by atoms with Crippen LogP contribution in [-0.2, 0) is 20.7 Å². The summed E-state index contributed by atoms with van der Waals surface area (Å²) in [5.41, 5.74) is 1.23. The van der Waals surface area contributed by atoms with E-state index in [4.69, 9.17) is 4.74 Å². The summed E-state index contributed by atoms with van der Waals surface area (Å²) in [6.45, 7) is 2.00. The third-order valence-corrected chi connectivity index (χ3v) is 5.87. The van der Waals surface area contributed by atoms with E-state index in [1.54, 1.807) is 0 Å². The summed E-state index contributed by atoms with van der Waals surface area (Å²) >= 11 is 0. The molecule has 1 unspecified atom stereocenters. The molecular formula is C25H35F2NO4. The molecule has 1 aromatic carbocycles. The molecule has 1 fully saturated rings. The van der Waals surface area contributed by atoms with Gasteiger partial charge in [0.05, 0.1) is 19.3 Å². The van der Waals surface area contributed by atoms with Gasteiger partial charge in [0, 0.05) is 6.42 Å². The van der Waals surface area contributed by atoms with Crippen LogP contribution in [0.5, 0.6) is 0 Å². The molecule has 1 aliphatic heterocycles. The van der Waals surface area contributed by atoms with E-state index in [1.807, 2.05) is 25.1 Å². The number of nitrogens with zero attached hydrogens (tertiary/aromatic N) is 1. The number of carbonyl (C=O) groups is 2. The van der Waals surface area contributed by atoms with Gasteiger partial charge in [0.2, 0.25) is 0 Å². The number of hydrogen-bond acceptors (Lipinski definition) is 4. The van der Waals surface area contributed by atoms with E-state index in [0.717, 1.165) is 37.0 Å². The number of aliphatic hydroxyl groups excluding tert-OH is 1. The van der Waals surface area contributed by atoms with Gasteiger partial charge in [-0.2, -0.15) is 8.78 Å². The summed E-state index contributed by atoms with van der Waals surface area (Å²) in [5, 5.41) is 10.3. The zero-order valence-corrected chi connectivity index (χ0v) is 19.0. The second kappa shape index (κ2) is 12.7. The van der Waals surface area contributed by atoms with Crippen molar-refractivity contribution in [3.63, 3.8) is 0 Å². The van der Waals surface area contributed by atoms with Crippen molar-refractivity contribution < 1.29 is 28.2 Å². The number of likely N-dealkylation sites (tertiary alicyclic amines) is 1. The third-order valence-electron chi connectivity index (χ3n) is 5.87. The molecule has 7 heteroatoms. The number of amides is 1. The third kappa shape index (κ3) is 7.40. The van der Waals surface area contributed by atoms with Crippen LogP contribution in [0.3, 0.4) is 0 Å². The number of carbonyl (C=O) groups excluding carboxylic acids is 2. The molecule has 0 aromatic heterocycles. The molecule has 3 atom stereocenters. The molecule has 1 saturated heterocycles. The lowest BCUT2D eigenvalue weighted by Gasteiger charge is -2.29. The average Bonchev–Trinajstić information content (AvgIpc) is 3.01. The molecular weight excluding hydrogens is 416 g/mol. The largest absolute Gasteiger partial charge is 0.467 e. The summed E-state index contributed by atoms with van der Waals surface area (Å²) in [6.07, 6.45) is 7.13. The molecule has 32 heavy (non-hydrogen) atoms. The van der Waals surface area contributed by atoms with Crippen molar-refractivity contribution in [3.8, 4) is 0 Å². The number of rotatable bonds is 13. The van der Waals surface area contributed by atoms with E-state index >= 15 is 0 Å². The summed E-state index contributed by atoms with van der Waals surface area (Å²) in [6, 6.07) is 8.04. The highest BCUT2D eigenvalue weighted by molar-refractivity contribution is 5.91. The van der Waals surface area contributed by atoms with Crippen molar-refractivity contribution in [2.45, 2.75) is 88.8 Å². The van der Waals surface area contributed by atoms with Gasteiger partial charge in [-0.1, -0.05) is 75.1 Å². The fraction of sp³-hybridized carbons (Fsp3) is 0.600. The van der Waals surface area contributed by atoms with E-state index in [-0.39, 0.29) is 6.42 Å². The molecule has 0 spiro atoms. The zero-order chi connectivity index (χ0) is 23.6. The highest BCUT2D eigenvalue weighted by Crippen LogP contribution is 2.37. The number of esters is 1. The number of ether oxygens (including phenoxy) is 1. The normalized spacial score (nSPS) is 20.0. The molecule has 1 aliphatic rings. The summed E-state index contributed by atoms with van der Waals surface area (Å²) in [7, 11) is 1.19. The Bertz CT molecular complexity index is 754. The predicted molar refractivity (Wildman–Crippen MR) is 119 cm³/mol. The van der Waals surface area contributed by atoms with Crippen LogP contribution < -0.4 is 0 Å². The SMILES string of the molecule is CCCCCC(C(=O)OC)N1C(=O)C(F)(F)C[C@@H]1/C=C/[C@@H](O)CCCCc1ccccc1. The number of unbranched alkanes of at least 4 members (excludes halogenated alkanes) is 3. The van der Waals surface area contributed by atoms with Gasteiger partial charge in [0.1, 0.15) is 6.04 Å². The smallest absolute Gasteiger partial charge is 0.328 e. The van der Waals surface area contributed by atoms with Crippen molar-refractivity contribution in [1.29, 1.82) is 0 Å². The predicted octanol–water partition coefficient (Wildman–Crippen LogP) is 4.67. The highest BCUT2D eigenvalue weighted by Gasteiger charge is 2.55. The highest BCUT2D eigenvalue weighted by atomic mass is 19.3. The Morgan fingerprint density at radius 1 is 1.22 bits per heavy atom. The van der Waals surface area contributed by atoms with Crippen LogP contribution >= 0.6 is 0 Å². The minimum Gasteiger partial charge on any atom is -0.467 e. The van der Waals surface area contributed by atoms with E-state index < -0.39 is 42.4 Å². The van der Waals surface area contributed by atoms with Crippen molar-refractivity contribution in [1.82, 2.24) is 4.90 Å². The lowest BCUT2D eigenvalue weighted by molar-refractivity contribution is -0.159. The van der Waals surface area contributed by atoms with Crippen LogP contribution in [0.4, 0.5) is 8.78 Å². The molecule has 0 aliphatic carbocycles. The first-order valence-electron chi connectivity index (χ1n) is 11.5. The lowest BCUT2D eigenvalue weighted by atomic mass is 10.0. The molecule has 2 rings (SSSR count). The van der Waals surface area contributed by atoms with Crippen LogP contribution in [0.15, 0.2) is 42.5 Å². The topological polar surface area (TPSA) is 66.8 Å². The lowest BCUT2D eigenvalue weighted by Crippen LogP contribution is -2.48. The number of halogens is 2. The number of aryl methyl sites for hydroxylation is 1. The monoisotopic (exact) mass is 451 g/mol. The summed E-state index contributed by atoms with van der Waals surface area (Å²) in [5.74, 6) is -5.57. The van der Waals surface area contributed by atoms with E-state index in [1.165, 1.54) is 24.8 Å². The summed E-state index contributed by atoms with van der Waals surface area (Å²) < 4.78 is 33.3. The molecule has 5 nitrogen and oxygen atoms in total. The van der Waals surface area contributed by atoms with Gasteiger partial charge in [0.15, 0.2) is 0 Å². The molecule has 0 radical (unpaired) electrons. The number of benzene rings is 1. The Labute approximate surface area is 189 Å². The zero-order valence-electron chi connectivity index (χ0n) is 19.0. The molecule has 1 amide bonds. The minimum atomic E-state index is -3.54. The Morgan fingerprint density at radius 2 is 1.91 bits per heavy atom. The quantitative estimate of drug-likeness (QED) is 0.269. The van der Waals surface area contributed by atoms with Gasteiger partial charge in [-0.15, -0.1) is 0 Å². The number of alkyl halides is 2. The standard InChI is InChI=1S/C25H35F2NO4/c1-3-4-6-15-22(23(30)32-2)28-20(18-25(26,27)24(28)31)16-17-21(29)14-10-9-13-19-11-7-5-8-12-19/h5,7-8,11-12,16-17,20-22,29H,3-4,6,9-10,13-15,18H2,1-2H3/b17-16+/t20-,21-,22?/m0/s1. The fourth-order valence-electron chi connectivity index (χ4n) is 4.10. The average molecular weight is 452 g/mol. The molecule has 1 N–H and O–H groups in total. The molecule has 1 heterocycles. The molecule has 178 valence electrons. The Hall–Kier alpha value is -2.28. The Kier molecular flexibility index (Phi) is 10.3. The van der Waals surface area contributed by atoms with E-state index in [0.29, 0.717) is 12.8 Å². The number of hydrogen-bond donors (Lipinski definition) is 1. The maximum atomic E-state index is 14.2. The van der Waals surface area contributed by atoms with Crippen molar-refractivity contribution in [3.05, 3.63) is 48.0 Å². The van der Waals surface area contributed by atoms with Crippen LogP contribution in [0.25, 0.3) is 0 Å². The van der Waals surface area contributed by atoms with Gasteiger partial charge in [0.25, 0.3) is 5.91 Å². The van der Waals surface area contributed by atoms with Gasteiger partial charge < -0.3 is 14.7 Å². The maximum Gasteiger partial charge on any atom is 0.328 e. The second-order valence-corrected chi connectivity index (χ2v) is 8.41. The van der Waals surface area contributed by atoms with Crippen molar-refractivity contribution in [2.75, 3.05) is 7.11 Å². The van der Waals surface area contributed by atoms with Gasteiger partial charge in [-0.05, 0) is 31.2 Å². The number of aliphatic hydroxyl groups is 1. The molecule has 0 saturated carbocycles. The minimum absolute atomic E-state index is 0.273. The Balaban J connectivity index is 1.98. The van der Waals surface area contributed by atoms with E-state index in [2.05, 4.69) is 12.1 Å². The molecule has 1 aromatic rings. The van der Waals surface area contributed by atoms with Crippen molar-refractivity contribution >= 4 is 11.9 Å². The Morgan fingerprint density at radius 3 is 2.56 bits per heavy atom. The van der Waals surface area contributed by atoms with Gasteiger partial charge in [-0.25, -0.2) is 4.79 Å². The van der Waals surface area contributed by atoms with Crippen molar-refractivity contribution in [2.24, 2.45) is 0 Å². The number of methoxy groups -OCH3 is 1. The first kappa shape index (κ1) is 26.0. The van der Waals surface area contributed by atoms with Crippen LogP contribution in [-0.4, -0.2) is 53.1 Å². The van der Waals surface area contributed by atoms with E-state index in [9.17, 15) is 23.5 Å². The van der Waals surface area contributed by atoms with Gasteiger partial charge >= 0.3 is 11.9 Å². The first-order chi connectivity index (χ1) is 15.3. The van der Waals surface area contributed by atoms with Crippen LogP contribution in [0.1, 0.15) is 63.9 Å². The second-order valence-electron chi connectivity index (χ2n) is 8.41. The fourth-order valence-corrected chi connectivity index (χ4v) is 4.10. The molecule has 0 bridgehead atoms. The van der Waals surface area contributed by atoms with Crippen LogP contribution in [0, 0.1) is 0 Å². The maximum absolute atomic E-state index is 14.2. The first-order valence-corrected chi connectivity index (χ1v) is 11.5. The van der Waals surface area contributed by atoms with Crippen LogP contribution in [0.2, 0.25) is 0 Å².